The van der Waals surface area contributed by atoms with Crippen LogP contribution in [0.25, 0.3) is 11.2 Å². The number of ether oxygens (including phenoxy) is 4. The molecular weight excluding hydrogens is 810 g/mol. The third-order valence-corrected chi connectivity index (χ3v) is 12.1. The lowest BCUT2D eigenvalue weighted by atomic mass is 9.80. The Morgan fingerprint density at radius 1 is 0.950 bits per heavy atom. The van der Waals surface area contributed by atoms with Crippen LogP contribution in [0.4, 0.5) is 10.2 Å². The van der Waals surface area contributed by atoms with Crippen LogP contribution in [0.1, 0.15) is 57.0 Å². The Morgan fingerprint density at radius 2 is 1.55 bits per heavy atom. The second-order valence-electron chi connectivity index (χ2n) is 14.8. The van der Waals surface area contributed by atoms with Crippen molar-refractivity contribution in [3.05, 3.63) is 107 Å². The SMILES string of the molecule is COc1ccc(C(OC[C@H]2O[C@@H](n3cnc4c(/N=C/N(C)C)nc(Cl)nc43)[C@@H](F)[C@@H]2OP(OCCC#N)N(C(C)C)C(C)C)(c2ccccc2)c2ccc(OC)cc2)cc1. The molecule has 0 N–H and O–H groups in total. The van der Waals surface area contributed by atoms with Gasteiger partial charge in [0.2, 0.25) is 5.28 Å². The van der Waals surface area contributed by atoms with E-state index in [0.717, 1.165) is 16.7 Å². The first-order valence-corrected chi connectivity index (χ1v) is 21.1. The first kappa shape index (κ1) is 44.8. The summed E-state index contributed by atoms with van der Waals surface area (Å²) >= 11 is 6.42. The lowest BCUT2D eigenvalue weighted by Gasteiger charge is -2.39. The van der Waals surface area contributed by atoms with Crippen LogP contribution < -0.4 is 9.47 Å². The van der Waals surface area contributed by atoms with Crippen LogP contribution in [0.2, 0.25) is 5.28 Å². The molecule has 14 nitrogen and oxygen atoms in total. The van der Waals surface area contributed by atoms with Crippen molar-refractivity contribution < 1.29 is 32.4 Å². The summed E-state index contributed by atoms with van der Waals surface area (Å²) in [4.78, 5) is 19.4. The van der Waals surface area contributed by atoms with E-state index in [0.29, 0.717) is 17.0 Å². The molecule has 3 aromatic carbocycles. The molecule has 3 heterocycles. The van der Waals surface area contributed by atoms with Crippen molar-refractivity contribution in [3.8, 4) is 17.6 Å². The fourth-order valence-corrected chi connectivity index (χ4v) is 9.11. The monoisotopic (exact) mass is 860 g/mol. The molecule has 0 amide bonds. The van der Waals surface area contributed by atoms with Crippen molar-refractivity contribution >= 4 is 43.4 Å². The van der Waals surface area contributed by atoms with Crippen LogP contribution in [-0.2, 0) is 24.1 Å². The molecule has 1 saturated heterocycles. The largest absolute Gasteiger partial charge is 0.497 e. The van der Waals surface area contributed by atoms with E-state index in [9.17, 15) is 5.26 Å². The molecule has 318 valence electrons. The van der Waals surface area contributed by atoms with Crippen molar-refractivity contribution in [2.45, 2.75) is 76.4 Å². The molecule has 1 aliphatic heterocycles. The lowest BCUT2D eigenvalue weighted by Crippen LogP contribution is -2.41. The summed E-state index contributed by atoms with van der Waals surface area (Å²) in [6.45, 7) is 8.01. The first-order valence-electron chi connectivity index (χ1n) is 19.6. The Morgan fingerprint density at radius 3 is 2.10 bits per heavy atom. The molecule has 0 aliphatic carbocycles. The van der Waals surface area contributed by atoms with Gasteiger partial charge in [-0.1, -0.05) is 54.6 Å². The van der Waals surface area contributed by atoms with Crippen LogP contribution in [0, 0.1) is 11.3 Å². The second kappa shape index (κ2) is 20.2. The molecule has 0 saturated carbocycles. The fourth-order valence-electron chi connectivity index (χ4n) is 7.18. The fraction of sp³-hybridized carbons (Fsp3) is 0.419. The van der Waals surface area contributed by atoms with Gasteiger partial charge in [0.15, 0.2) is 29.4 Å². The summed E-state index contributed by atoms with van der Waals surface area (Å²) in [6, 6.07) is 27.1. The summed E-state index contributed by atoms with van der Waals surface area (Å²) in [5, 5.41) is 9.30. The topological polar surface area (TPSA) is 142 Å². The molecule has 1 aliphatic rings. The number of benzene rings is 3. The third-order valence-electron chi connectivity index (χ3n) is 9.84. The highest BCUT2D eigenvalue weighted by Crippen LogP contribution is 2.51. The van der Waals surface area contributed by atoms with Crippen molar-refractivity contribution in [1.82, 2.24) is 29.1 Å². The summed E-state index contributed by atoms with van der Waals surface area (Å²) in [5.74, 6) is 1.55. The number of aliphatic imine (C=N–C) groups is 1. The van der Waals surface area contributed by atoms with Gasteiger partial charge in [0, 0.05) is 26.2 Å². The van der Waals surface area contributed by atoms with Gasteiger partial charge < -0.3 is 32.9 Å². The van der Waals surface area contributed by atoms with E-state index in [1.54, 1.807) is 25.5 Å². The number of rotatable bonds is 19. The standard InChI is InChI=1S/C43H51ClFN8O6P/c1-28(2)53(29(3)4)60(57-24-12-23-46)59-38-35(58-41(36(38)45)52-27-47-37-39(48-26-51(5)6)49-42(44)50-40(37)52)25-56-43(30-13-10-9-11-14-30,31-15-19-33(54-7)20-16-31)32-17-21-34(55-8)22-18-32/h9-11,13-22,26-29,35-36,38,41H,12,24-25H2,1-8H3/b48-26+/t35-,36+,38-,41-,60?/m1/s1. The molecule has 1 fully saturated rings. The molecule has 2 aromatic heterocycles. The van der Waals surface area contributed by atoms with E-state index in [1.165, 1.54) is 10.9 Å². The number of methoxy groups -OCH3 is 2. The smallest absolute Gasteiger partial charge is 0.259 e. The highest BCUT2D eigenvalue weighted by Gasteiger charge is 2.51. The van der Waals surface area contributed by atoms with Crippen LogP contribution in [0.5, 0.6) is 11.5 Å². The Balaban J connectivity index is 1.48. The van der Waals surface area contributed by atoms with Gasteiger partial charge in [-0.3, -0.25) is 4.57 Å². The average molecular weight is 861 g/mol. The van der Waals surface area contributed by atoms with E-state index in [1.807, 2.05) is 125 Å². The van der Waals surface area contributed by atoms with Crippen molar-refractivity contribution in [2.75, 3.05) is 41.5 Å². The minimum atomic E-state index is -1.91. The lowest BCUT2D eigenvalue weighted by molar-refractivity contribution is -0.0919. The Labute approximate surface area is 356 Å². The Hall–Kier alpha value is -4.78. The Kier molecular flexibility index (Phi) is 15.1. The normalized spacial score (nSPS) is 18.8. The second-order valence-corrected chi connectivity index (χ2v) is 16.5. The predicted molar refractivity (Wildman–Crippen MR) is 229 cm³/mol. The third kappa shape index (κ3) is 9.72. The van der Waals surface area contributed by atoms with E-state index in [2.05, 4.69) is 26.0 Å². The van der Waals surface area contributed by atoms with Gasteiger partial charge in [-0.15, -0.1) is 0 Å². The number of hydrogen-bond donors (Lipinski definition) is 0. The molecule has 1 unspecified atom stereocenters. The van der Waals surface area contributed by atoms with E-state index in [4.69, 9.17) is 39.6 Å². The van der Waals surface area contributed by atoms with Crippen molar-refractivity contribution in [3.63, 3.8) is 0 Å². The molecule has 5 atom stereocenters. The van der Waals surface area contributed by atoms with E-state index in [-0.39, 0.29) is 48.5 Å². The molecule has 60 heavy (non-hydrogen) atoms. The number of fused-ring (bicyclic) bond motifs is 1. The van der Waals surface area contributed by atoms with Gasteiger partial charge in [0.05, 0.1) is 52.6 Å². The van der Waals surface area contributed by atoms with Crippen molar-refractivity contribution in [1.29, 1.82) is 5.26 Å². The molecule has 0 bridgehead atoms. The van der Waals surface area contributed by atoms with Gasteiger partial charge in [0.25, 0.3) is 8.53 Å². The number of aromatic nitrogens is 4. The van der Waals surface area contributed by atoms with Crippen LogP contribution >= 0.6 is 20.1 Å². The Bertz CT molecular complexity index is 2170. The number of alkyl halides is 1. The average Bonchev–Trinajstić information content (AvgIpc) is 3.80. The molecule has 5 aromatic rings. The first-order chi connectivity index (χ1) is 28.9. The minimum Gasteiger partial charge on any atom is -0.497 e. The van der Waals surface area contributed by atoms with E-state index >= 15 is 4.39 Å². The highest BCUT2D eigenvalue weighted by atomic mass is 35.5. The quantitative estimate of drug-likeness (QED) is 0.0196. The molecule has 0 spiro atoms. The molecule has 0 radical (unpaired) electrons. The zero-order valence-corrected chi connectivity index (χ0v) is 36.6. The van der Waals surface area contributed by atoms with Gasteiger partial charge in [0.1, 0.15) is 29.3 Å². The molecule has 6 rings (SSSR count). The summed E-state index contributed by atoms with van der Waals surface area (Å²) in [6.07, 6.45) is -2.21. The van der Waals surface area contributed by atoms with E-state index < -0.39 is 38.7 Å². The van der Waals surface area contributed by atoms with Gasteiger partial charge >= 0.3 is 0 Å². The molecule has 17 heteroatoms. The maximum Gasteiger partial charge on any atom is 0.259 e. The molecular formula is C43H51ClFN8O6P. The highest BCUT2D eigenvalue weighted by molar-refractivity contribution is 7.44. The van der Waals surface area contributed by atoms with Crippen LogP contribution in [0.3, 0.4) is 0 Å². The van der Waals surface area contributed by atoms with Gasteiger partial charge in [-0.05, 0) is 80.3 Å². The van der Waals surface area contributed by atoms with Crippen LogP contribution in [0.15, 0.2) is 90.2 Å². The van der Waals surface area contributed by atoms with Crippen LogP contribution in [-0.4, -0.2) is 107 Å². The zero-order valence-electron chi connectivity index (χ0n) is 35.0. The zero-order chi connectivity index (χ0) is 43.0. The number of halogens is 2. The van der Waals surface area contributed by atoms with Gasteiger partial charge in [-0.2, -0.15) is 15.2 Å². The number of nitriles is 1. The maximum absolute atomic E-state index is 17.6. The predicted octanol–water partition coefficient (Wildman–Crippen LogP) is 8.62. The van der Waals surface area contributed by atoms with Gasteiger partial charge in [-0.25, -0.2) is 19.0 Å². The number of hydrogen-bond acceptors (Lipinski definition) is 12. The van der Waals surface area contributed by atoms with Crippen molar-refractivity contribution in [2.24, 2.45) is 4.99 Å². The number of nitrogens with zero attached hydrogens (tertiary/aromatic N) is 8. The summed E-state index contributed by atoms with van der Waals surface area (Å²) in [5.41, 5.74) is 1.68. The number of imidazole rings is 1. The summed E-state index contributed by atoms with van der Waals surface area (Å²) < 4.78 is 59.2. The minimum absolute atomic E-state index is 0.0440. The summed E-state index contributed by atoms with van der Waals surface area (Å²) in [7, 11) is 4.95. The maximum atomic E-state index is 17.6.